The highest BCUT2D eigenvalue weighted by Crippen LogP contribution is 2.12. The zero-order valence-electron chi connectivity index (χ0n) is 15.0. The van der Waals surface area contributed by atoms with Crippen LogP contribution in [0.2, 0.25) is 0 Å². The molecule has 0 saturated carbocycles. The Morgan fingerprint density at radius 2 is 1.71 bits per heavy atom. The van der Waals surface area contributed by atoms with Crippen LogP contribution >= 0.6 is 0 Å². The van der Waals surface area contributed by atoms with Crippen molar-refractivity contribution in [2.75, 3.05) is 25.0 Å². The highest BCUT2D eigenvalue weighted by Gasteiger charge is 2.14. The van der Waals surface area contributed by atoms with Crippen molar-refractivity contribution < 1.29 is 14.7 Å². The Labute approximate surface area is 144 Å². The van der Waals surface area contributed by atoms with Gasteiger partial charge in [-0.2, -0.15) is 0 Å². The number of benzene rings is 1. The Morgan fingerprint density at radius 3 is 2.21 bits per heavy atom. The van der Waals surface area contributed by atoms with E-state index in [9.17, 15) is 14.7 Å². The van der Waals surface area contributed by atoms with E-state index < -0.39 is 6.10 Å². The summed E-state index contributed by atoms with van der Waals surface area (Å²) < 4.78 is 0. The van der Waals surface area contributed by atoms with E-state index in [1.165, 1.54) is 0 Å². The lowest BCUT2D eigenvalue weighted by Gasteiger charge is -2.19. The molecular weight excluding hydrogens is 306 g/mol. The average molecular weight is 335 g/mol. The fraction of sp³-hybridized carbons (Fsp3) is 0.556. The first kappa shape index (κ1) is 20.0. The van der Waals surface area contributed by atoms with E-state index in [2.05, 4.69) is 10.6 Å². The molecule has 0 aliphatic heterocycles. The number of hydrogen-bond donors (Lipinski definition) is 3. The molecule has 1 aromatic rings. The third-order valence-electron chi connectivity index (χ3n) is 4.21. The third-order valence-corrected chi connectivity index (χ3v) is 4.21. The molecular formula is C18H29N3O3. The van der Waals surface area contributed by atoms with Crippen molar-refractivity contribution in [1.82, 2.24) is 10.2 Å². The van der Waals surface area contributed by atoms with Crippen LogP contribution in [0.4, 0.5) is 10.5 Å². The molecule has 0 aromatic heterocycles. The summed E-state index contributed by atoms with van der Waals surface area (Å²) in [4.78, 5) is 25.8. The van der Waals surface area contributed by atoms with E-state index in [0.717, 1.165) is 6.42 Å². The maximum Gasteiger partial charge on any atom is 0.319 e. The van der Waals surface area contributed by atoms with Crippen LogP contribution in [0, 0.1) is 5.92 Å². The molecule has 0 saturated heterocycles. The predicted octanol–water partition coefficient (Wildman–Crippen LogP) is 2.70. The molecule has 6 nitrogen and oxygen atoms in total. The molecule has 24 heavy (non-hydrogen) atoms. The van der Waals surface area contributed by atoms with Gasteiger partial charge in [0.25, 0.3) is 5.91 Å². The Morgan fingerprint density at radius 1 is 1.12 bits per heavy atom. The lowest BCUT2D eigenvalue weighted by molar-refractivity contribution is 0.0773. The van der Waals surface area contributed by atoms with Gasteiger partial charge in [0.2, 0.25) is 0 Å². The minimum absolute atomic E-state index is 0.0207. The van der Waals surface area contributed by atoms with Crippen LogP contribution in [0.3, 0.4) is 0 Å². The van der Waals surface area contributed by atoms with E-state index in [4.69, 9.17) is 0 Å². The molecule has 6 heteroatoms. The number of aliphatic hydroxyl groups excluding tert-OH is 1. The van der Waals surface area contributed by atoms with Crippen LogP contribution in [0.15, 0.2) is 24.3 Å². The van der Waals surface area contributed by atoms with Gasteiger partial charge in [0.1, 0.15) is 0 Å². The lowest BCUT2D eigenvalue weighted by Crippen LogP contribution is -2.37. The summed E-state index contributed by atoms with van der Waals surface area (Å²) in [5, 5.41) is 15.2. The zero-order valence-corrected chi connectivity index (χ0v) is 15.0. The first-order valence-corrected chi connectivity index (χ1v) is 8.55. The molecule has 0 unspecified atom stereocenters. The smallest absolute Gasteiger partial charge is 0.319 e. The van der Waals surface area contributed by atoms with Crippen molar-refractivity contribution in [2.45, 2.75) is 40.2 Å². The largest absolute Gasteiger partial charge is 0.391 e. The number of carbonyl (C=O) groups excluding carboxylic acids is 2. The van der Waals surface area contributed by atoms with Crippen LogP contribution < -0.4 is 10.6 Å². The standard InChI is InChI=1S/C18H29N3O3/c1-5-13(4)16(22)12-19-18(24)20-15-10-8-14(9-11-15)17(23)21(6-2)7-3/h8-11,13,16,22H,5-7,12H2,1-4H3,(H2,19,20,24)/t13-,16+/m1/s1. The molecule has 134 valence electrons. The van der Waals surface area contributed by atoms with Gasteiger partial charge in [-0.1, -0.05) is 20.3 Å². The molecule has 3 amide bonds. The number of anilines is 1. The van der Waals surface area contributed by atoms with Crippen LogP contribution in [0.25, 0.3) is 0 Å². The molecule has 3 N–H and O–H groups in total. The maximum absolute atomic E-state index is 12.2. The highest BCUT2D eigenvalue weighted by atomic mass is 16.3. The zero-order chi connectivity index (χ0) is 18.1. The summed E-state index contributed by atoms with van der Waals surface area (Å²) in [5.41, 5.74) is 1.19. The van der Waals surface area contributed by atoms with E-state index >= 15 is 0 Å². The van der Waals surface area contributed by atoms with E-state index in [0.29, 0.717) is 24.3 Å². The number of carbonyl (C=O) groups is 2. The normalized spacial score (nSPS) is 13.0. The molecule has 0 radical (unpaired) electrons. The van der Waals surface area contributed by atoms with Gasteiger partial charge in [-0.25, -0.2) is 4.79 Å². The second kappa shape index (κ2) is 9.93. The van der Waals surface area contributed by atoms with Crippen LogP contribution in [-0.2, 0) is 0 Å². The van der Waals surface area contributed by atoms with E-state index in [1.807, 2.05) is 27.7 Å². The number of amides is 3. The Bertz CT molecular complexity index is 527. The fourth-order valence-corrected chi connectivity index (χ4v) is 2.24. The van der Waals surface area contributed by atoms with Gasteiger partial charge < -0.3 is 20.6 Å². The van der Waals surface area contributed by atoms with Gasteiger partial charge in [0.05, 0.1) is 6.10 Å². The van der Waals surface area contributed by atoms with Crippen molar-refractivity contribution in [2.24, 2.45) is 5.92 Å². The van der Waals surface area contributed by atoms with Gasteiger partial charge in [0, 0.05) is 30.9 Å². The van der Waals surface area contributed by atoms with E-state index in [-0.39, 0.29) is 24.4 Å². The number of nitrogens with one attached hydrogen (secondary N) is 2. The van der Waals surface area contributed by atoms with E-state index in [1.54, 1.807) is 29.2 Å². The lowest BCUT2D eigenvalue weighted by atomic mass is 10.0. The van der Waals surface area contributed by atoms with Crippen molar-refractivity contribution >= 4 is 17.6 Å². The predicted molar refractivity (Wildman–Crippen MR) is 96.2 cm³/mol. The number of hydrogen-bond acceptors (Lipinski definition) is 3. The Kier molecular flexibility index (Phi) is 8.26. The highest BCUT2D eigenvalue weighted by molar-refractivity contribution is 5.95. The minimum Gasteiger partial charge on any atom is -0.391 e. The Balaban J connectivity index is 2.55. The van der Waals surface area contributed by atoms with Gasteiger partial charge in [-0.3, -0.25) is 4.79 Å². The van der Waals surface area contributed by atoms with Gasteiger partial charge in [0.15, 0.2) is 0 Å². The molecule has 0 spiro atoms. The van der Waals surface area contributed by atoms with Crippen molar-refractivity contribution in [3.8, 4) is 0 Å². The first-order valence-electron chi connectivity index (χ1n) is 8.55. The fourth-order valence-electron chi connectivity index (χ4n) is 2.24. The summed E-state index contributed by atoms with van der Waals surface area (Å²) >= 11 is 0. The molecule has 1 rings (SSSR count). The summed E-state index contributed by atoms with van der Waals surface area (Å²) in [6, 6.07) is 6.41. The van der Waals surface area contributed by atoms with Crippen molar-refractivity contribution in [3.63, 3.8) is 0 Å². The van der Waals surface area contributed by atoms with Crippen molar-refractivity contribution in [1.29, 1.82) is 0 Å². The number of nitrogens with zero attached hydrogens (tertiary/aromatic N) is 1. The monoisotopic (exact) mass is 335 g/mol. The number of urea groups is 1. The molecule has 1 aromatic carbocycles. The first-order chi connectivity index (χ1) is 11.4. The summed E-state index contributed by atoms with van der Waals surface area (Å²) in [6.07, 6.45) is 0.293. The van der Waals surface area contributed by atoms with Crippen molar-refractivity contribution in [3.05, 3.63) is 29.8 Å². The van der Waals surface area contributed by atoms with Gasteiger partial charge >= 0.3 is 6.03 Å². The molecule has 2 atom stereocenters. The average Bonchev–Trinajstić information content (AvgIpc) is 2.60. The summed E-state index contributed by atoms with van der Waals surface area (Å²) in [7, 11) is 0. The number of aliphatic hydroxyl groups is 1. The second-order valence-electron chi connectivity index (χ2n) is 5.84. The Hall–Kier alpha value is -2.08. The van der Waals surface area contributed by atoms with Crippen LogP contribution in [0.5, 0.6) is 0 Å². The SMILES string of the molecule is CC[C@@H](C)[C@@H](O)CNC(=O)Nc1ccc(C(=O)N(CC)CC)cc1. The van der Waals surface area contributed by atoms with Crippen LogP contribution in [-0.4, -0.2) is 47.7 Å². The molecule has 0 fully saturated rings. The summed E-state index contributed by atoms with van der Waals surface area (Å²) in [6.45, 7) is 9.35. The third kappa shape index (κ3) is 5.85. The molecule has 0 heterocycles. The molecule has 0 aliphatic rings. The quantitative estimate of drug-likeness (QED) is 0.683. The number of rotatable bonds is 8. The second-order valence-corrected chi connectivity index (χ2v) is 5.84. The molecule has 0 bridgehead atoms. The van der Waals surface area contributed by atoms with Gasteiger partial charge in [-0.15, -0.1) is 0 Å². The maximum atomic E-state index is 12.2. The van der Waals surface area contributed by atoms with Gasteiger partial charge in [-0.05, 0) is 44.0 Å². The minimum atomic E-state index is -0.560. The molecule has 0 aliphatic carbocycles. The van der Waals surface area contributed by atoms with Crippen LogP contribution in [0.1, 0.15) is 44.5 Å². The topological polar surface area (TPSA) is 81.7 Å². The summed E-state index contributed by atoms with van der Waals surface area (Å²) in [5.74, 6) is 0.114.